The average molecular weight is 159 g/mol. The molecule has 0 spiro atoms. The molecule has 0 fully saturated rings. The fourth-order valence-electron chi connectivity index (χ4n) is 1.54. The van der Waals surface area contributed by atoms with Crippen LogP contribution in [0.15, 0.2) is 22.8 Å². The number of hydrogen-bond acceptors (Lipinski definition) is 0. The summed E-state index contributed by atoms with van der Waals surface area (Å²) < 4.78 is 0. The zero-order valence-electron chi connectivity index (χ0n) is 8.58. The second-order valence-corrected chi connectivity index (χ2v) is 5.88. The summed E-state index contributed by atoms with van der Waals surface area (Å²) in [5.41, 5.74) is 4.57. The Balaban J connectivity index is 0.000001000. The first-order chi connectivity index (χ1) is 4.45. The molecule has 11 heavy (non-hydrogen) atoms. The molecule has 0 amide bonds. The maximum Gasteiger partial charge on any atom is 0.0202 e. The van der Waals surface area contributed by atoms with Crippen LogP contribution in [-0.4, -0.2) is 29.1 Å². The summed E-state index contributed by atoms with van der Waals surface area (Å²) in [6.45, 7) is 9.02. The second-order valence-electron chi connectivity index (χ2n) is 3.80. The van der Waals surface area contributed by atoms with Crippen molar-refractivity contribution in [2.75, 3.05) is 0 Å². The Bertz CT molecular complexity index is 224. The Labute approximate surface area is 84.7 Å². The van der Waals surface area contributed by atoms with Crippen molar-refractivity contribution >= 4 is 29.1 Å². The van der Waals surface area contributed by atoms with Gasteiger partial charge in [0.25, 0.3) is 0 Å². The molecule has 0 N–H and O–H groups in total. The Kier molecular flexibility index (Phi) is 3.44. The molecule has 57 valence electrons. The van der Waals surface area contributed by atoms with E-state index >= 15 is 0 Å². The van der Waals surface area contributed by atoms with Crippen molar-refractivity contribution in [3.05, 3.63) is 22.8 Å². The summed E-state index contributed by atoms with van der Waals surface area (Å²) in [6.07, 6.45) is 2.41. The van der Waals surface area contributed by atoms with E-state index in [1.807, 2.05) is 0 Å². The third-order valence-corrected chi connectivity index (χ3v) is 3.74. The largest absolute Gasteiger partial charge is 0.0751 e. The van der Waals surface area contributed by atoms with E-state index in [9.17, 15) is 0 Å². The Morgan fingerprint density at radius 1 is 1.27 bits per heavy atom. The van der Waals surface area contributed by atoms with Gasteiger partial charge in [-0.15, -0.1) is 0 Å². The van der Waals surface area contributed by atoms with Crippen LogP contribution in [0.3, 0.4) is 0 Å². The molecule has 0 saturated heterocycles. The van der Waals surface area contributed by atoms with Crippen molar-refractivity contribution in [2.45, 2.75) is 32.7 Å². The minimum Gasteiger partial charge on any atom is -0.0751 e. The monoisotopic (exact) mass is 159 g/mol. The zero-order valence-corrected chi connectivity index (χ0v) is 10.6. The van der Waals surface area contributed by atoms with E-state index in [4.69, 9.17) is 0 Å². The molecule has 1 unspecified atom stereocenters. The number of allylic oxidation sites excluding steroid dienone is 4. The van der Waals surface area contributed by atoms with Crippen molar-refractivity contribution in [2.24, 2.45) is 0 Å². The first-order valence-electron chi connectivity index (χ1n) is 3.83. The Morgan fingerprint density at radius 3 is 1.82 bits per heavy atom. The van der Waals surface area contributed by atoms with Crippen LogP contribution in [0.25, 0.3) is 0 Å². The van der Waals surface area contributed by atoms with Gasteiger partial charge in [-0.25, -0.2) is 0 Å². The molecule has 0 aromatic rings. The van der Waals surface area contributed by atoms with E-state index in [1.165, 1.54) is 21.4 Å². The van der Waals surface area contributed by atoms with Gasteiger partial charge in [0.15, 0.2) is 0 Å². The standard InChI is InChI=1S/C9H16Si.Li/c1-6-5-9(4,10)8(3)7(6)2;/h5H,1-4,10H3;. The van der Waals surface area contributed by atoms with Crippen molar-refractivity contribution in [3.8, 4) is 0 Å². The molecule has 1 rings (SSSR count). The Hall–Kier alpha value is 0.294. The zero-order chi connectivity index (χ0) is 7.94. The molecular formula is C9H16LiSi. The fourth-order valence-corrected chi connectivity index (χ4v) is 2.34. The molecular weight excluding hydrogens is 143 g/mol. The topological polar surface area (TPSA) is 0 Å². The van der Waals surface area contributed by atoms with Gasteiger partial charge in [0.2, 0.25) is 0 Å². The number of rotatable bonds is 0. The maximum atomic E-state index is 2.41. The molecule has 0 heterocycles. The van der Waals surface area contributed by atoms with Gasteiger partial charge < -0.3 is 0 Å². The van der Waals surface area contributed by atoms with Crippen LogP contribution in [0.2, 0.25) is 5.04 Å². The molecule has 1 aliphatic rings. The number of hydrogen-bond donors (Lipinski definition) is 0. The summed E-state index contributed by atoms with van der Waals surface area (Å²) in [4.78, 5) is 0. The van der Waals surface area contributed by atoms with Crippen molar-refractivity contribution in [1.82, 2.24) is 0 Å². The van der Waals surface area contributed by atoms with Crippen molar-refractivity contribution in [3.63, 3.8) is 0 Å². The molecule has 1 atom stereocenters. The minimum absolute atomic E-state index is 0. The quantitative estimate of drug-likeness (QED) is 0.469. The third kappa shape index (κ3) is 1.90. The Morgan fingerprint density at radius 2 is 1.73 bits per heavy atom. The first kappa shape index (κ1) is 11.3. The van der Waals surface area contributed by atoms with E-state index in [-0.39, 0.29) is 18.9 Å². The van der Waals surface area contributed by atoms with Crippen LogP contribution in [-0.2, 0) is 0 Å². The fraction of sp³-hybridized carbons (Fsp3) is 0.556. The molecule has 0 saturated carbocycles. The van der Waals surface area contributed by atoms with E-state index in [0.717, 1.165) is 0 Å². The summed E-state index contributed by atoms with van der Waals surface area (Å²) in [7, 11) is 1.24. The molecule has 0 nitrogen and oxygen atoms in total. The van der Waals surface area contributed by atoms with E-state index < -0.39 is 0 Å². The smallest absolute Gasteiger partial charge is 0.0202 e. The molecule has 0 aromatic carbocycles. The van der Waals surface area contributed by atoms with Gasteiger partial charge in [0.05, 0.1) is 0 Å². The van der Waals surface area contributed by atoms with Crippen LogP contribution in [0.5, 0.6) is 0 Å². The van der Waals surface area contributed by atoms with Gasteiger partial charge in [-0.3, -0.25) is 0 Å². The molecule has 1 radical (unpaired) electrons. The van der Waals surface area contributed by atoms with E-state index in [0.29, 0.717) is 5.04 Å². The average Bonchev–Trinajstić information content (AvgIpc) is 1.95. The molecule has 1 aliphatic carbocycles. The normalized spacial score (nSPS) is 30.4. The van der Waals surface area contributed by atoms with Crippen molar-refractivity contribution in [1.29, 1.82) is 0 Å². The first-order valence-corrected chi connectivity index (χ1v) is 4.83. The third-order valence-electron chi connectivity index (χ3n) is 2.70. The predicted molar refractivity (Wildman–Crippen MR) is 56.2 cm³/mol. The maximum absolute atomic E-state index is 2.41. The van der Waals surface area contributed by atoms with Crippen LogP contribution in [0, 0.1) is 0 Å². The predicted octanol–water partition coefficient (Wildman–Crippen LogP) is 1.45. The summed E-state index contributed by atoms with van der Waals surface area (Å²) >= 11 is 0. The summed E-state index contributed by atoms with van der Waals surface area (Å²) in [6, 6.07) is 0. The van der Waals surface area contributed by atoms with Gasteiger partial charge >= 0.3 is 0 Å². The second kappa shape index (κ2) is 3.35. The van der Waals surface area contributed by atoms with Crippen molar-refractivity contribution < 1.29 is 0 Å². The van der Waals surface area contributed by atoms with Crippen LogP contribution in [0.4, 0.5) is 0 Å². The van der Waals surface area contributed by atoms with E-state index in [1.54, 1.807) is 5.57 Å². The minimum atomic E-state index is 0. The van der Waals surface area contributed by atoms with Crippen LogP contribution >= 0.6 is 0 Å². The molecule has 0 aromatic heterocycles. The van der Waals surface area contributed by atoms with Gasteiger partial charge in [0, 0.05) is 29.1 Å². The van der Waals surface area contributed by atoms with Gasteiger partial charge in [-0.2, -0.15) is 0 Å². The van der Waals surface area contributed by atoms with E-state index in [2.05, 4.69) is 33.8 Å². The van der Waals surface area contributed by atoms with Gasteiger partial charge in [-0.05, 0) is 31.4 Å². The van der Waals surface area contributed by atoms with Crippen LogP contribution < -0.4 is 0 Å². The molecule has 2 heteroatoms. The van der Waals surface area contributed by atoms with Crippen LogP contribution in [0.1, 0.15) is 27.7 Å². The van der Waals surface area contributed by atoms with Gasteiger partial charge in [0.1, 0.15) is 0 Å². The molecule has 0 bridgehead atoms. The molecule has 0 aliphatic heterocycles. The summed E-state index contributed by atoms with van der Waals surface area (Å²) in [5, 5.41) is 0.453. The SMILES string of the molecule is CC1=CC(C)([SiH3])C(C)=C1C.[Li]. The summed E-state index contributed by atoms with van der Waals surface area (Å²) in [5.74, 6) is 0. The van der Waals surface area contributed by atoms with Gasteiger partial charge in [-0.1, -0.05) is 24.1 Å².